The zero-order valence-corrected chi connectivity index (χ0v) is 26.1. The fourth-order valence-electron chi connectivity index (χ4n) is 5.47. The molecule has 3 aromatic carbocycles. The molecule has 1 fully saturated rings. The Morgan fingerprint density at radius 1 is 0.977 bits per heavy atom. The number of nitrogens with zero attached hydrogens (tertiary/aromatic N) is 3. The highest BCUT2D eigenvalue weighted by molar-refractivity contribution is 7.98. The monoisotopic (exact) mass is 634 g/mol. The van der Waals surface area contributed by atoms with Crippen molar-refractivity contribution in [2.45, 2.75) is 68.7 Å². The van der Waals surface area contributed by atoms with Gasteiger partial charge in [-0.2, -0.15) is 4.98 Å². The van der Waals surface area contributed by atoms with Crippen LogP contribution in [0.3, 0.4) is 0 Å². The lowest BCUT2D eigenvalue weighted by molar-refractivity contribution is -0.146. The Hall–Kier alpha value is -3.46. The number of esters is 1. The van der Waals surface area contributed by atoms with E-state index in [4.69, 9.17) is 42.8 Å². The molecule has 1 aromatic heterocycles. The van der Waals surface area contributed by atoms with E-state index in [1.165, 1.54) is 18.2 Å². The van der Waals surface area contributed by atoms with E-state index in [1.54, 1.807) is 4.68 Å². The van der Waals surface area contributed by atoms with Gasteiger partial charge in [0.25, 0.3) is 0 Å². The van der Waals surface area contributed by atoms with Crippen molar-refractivity contribution < 1.29 is 14.3 Å². The van der Waals surface area contributed by atoms with Crippen molar-refractivity contribution in [3.05, 3.63) is 111 Å². The molecule has 1 aliphatic heterocycles. The number of aromatic nitrogens is 3. The number of allylic oxidation sites excluding steroid dienone is 1. The molecule has 0 spiro atoms. The van der Waals surface area contributed by atoms with Gasteiger partial charge < -0.3 is 14.8 Å². The van der Waals surface area contributed by atoms with Gasteiger partial charge in [-0.15, -0.1) is 5.10 Å². The summed E-state index contributed by atoms with van der Waals surface area (Å²) in [6.45, 7) is 2.20. The Morgan fingerprint density at radius 3 is 2.44 bits per heavy atom. The molecule has 0 bridgehead atoms. The second-order valence-electron chi connectivity index (χ2n) is 10.7. The van der Waals surface area contributed by atoms with Crippen molar-refractivity contribution in [2.75, 3.05) is 5.32 Å². The Balaban J connectivity index is 1.31. The number of benzene rings is 3. The fourth-order valence-corrected chi connectivity index (χ4v) is 6.78. The van der Waals surface area contributed by atoms with Gasteiger partial charge in [0.05, 0.1) is 5.57 Å². The molecule has 2 heterocycles. The third-order valence-corrected chi connectivity index (χ3v) is 9.34. The maximum absolute atomic E-state index is 13.8. The Bertz CT molecular complexity index is 1650. The van der Waals surface area contributed by atoms with E-state index in [9.17, 15) is 4.79 Å². The predicted octanol–water partition coefficient (Wildman–Crippen LogP) is 8.62. The van der Waals surface area contributed by atoms with Crippen molar-refractivity contribution in [2.24, 2.45) is 0 Å². The van der Waals surface area contributed by atoms with Crippen LogP contribution >= 0.6 is 35.0 Å². The Kier molecular flexibility index (Phi) is 9.26. The van der Waals surface area contributed by atoms with Crippen molar-refractivity contribution in [3.63, 3.8) is 0 Å². The van der Waals surface area contributed by atoms with Gasteiger partial charge in [-0.25, -0.2) is 9.48 Å². The molecule has 1 atom stereocenters. The second kappa shape index (κ2) is 13.5. The van der Waals surface area contributed by atoms with Gasteiger partial charge in [0.1, 0.15) is 24.5 Å². The number of fused-ring (bicyclic) bond motifs is 1. The van der Waals surface area contributed by atoms with E-state index < -0.39 is 6.04 Å². The summed E-state index contributed by atoms with van der Waals surface area (Å²) in [5, 5.41) is 10.1. The van der Waals surface area contributed by atoms with Crippen LogP contribution in [-0.4, -0.2) is 26.8 Å². The minimum atomic E-state index is -0.557. The number of nitrogens with one attached hydrogen (secondary N) is 1. The highest BCUT2D eigenvalue weighted by Crippen LogP contribution is 2.39. The SMILES string of the molecule is CC1=C(C(=O)OC2CCCCC2)C(c2cccc(OCc3ccccc3Cl)c2)n2nc(SCc3ccccc3Cl)nc2N1. The minimum absolute atomic E-state index is 0.0774. The molecular formula is C33H32Cl2N4O3S. The molecule has 1 saturated carbocycles. The summed E-state index contributed by atoms with van der Waals surface area (Å²) >= 11 is 14.2. The normalized spacial score (nSPS) is 16.9. The molecule has 7 nitrogen and oxygen atoms in total. The van der Waals surface area contributed by atoms with E-state index in [2.05, 4.69) is 5.32 Å². The molecule has 0 radical (unpaired) electrons. The van der Waals surface area contributed by atoms with Crippen LogP contribution in [0.15, 0.2) is 89.2 Å². The van der Waals surface area contributed by atoms with Gasteiger partial charge >= 0.3 is 5.97 Å². The summed E-state index contributed by atoms with van der Waals surface area (Å²) < 4.78 is 14.0. The predicted molar refractivity (Wildman–Crippen MR) is 171 cm³/mol. The molecule has 10 heteroatoms. The maximum atomic E-state index is 13.8. The summed E-state index contributed by atoms with van der Waals surface area (Å²) in [6, 6.07) is 22.5. The first kappa shape index (κ1) is 29.6. The molecule has 222 valence electrons. The van der Waals surface area contributed by atoms with E-state index in [0.29, 0.717) is 50.5 Å². The molecule has 4 aromatic rings. The first-order valence-corrected chi connectivity index (χ1v) is 16.2. The summed E-state index contributed by atoms with van der Waals surface area (Å²) in [5.74, 6) is 1.49. The van der Waals surface area contributed by atoms with Crippen LogP contribution in [0.1, 0.15) is 61.8 Å². The summed E-state index contributed by atoms with van der Waals surface area (Å²) in [7, 11) is 0. The summed E-state index contributed by atoms with van der Waals surface area (Å²) in [4.78, 5) is 18.6. The van der Waals surface area contributed by atoms with Crippen LogP contribution in [0.4, 0.5) is 5.95 Å². The molecule has 1 unspecified atom stereocenters. The van der Waals surface area contributed by atoms with E-state index >= 15 is 0 Å². The molecule has 43 heavy (non-hydrogen) atoms. The van der Waals surface area contributed by atoms with Gasteiger partial charge in [0.2, 0.25) is 11.1 Å². The smallest absolute Gasteiger partial charge is 0.338 e. The third kappa shape index (κ3) is 6.87. The number of anilines is 1. The van der Waals surface area contributed by atoms with Crippen LogP contribution in [0.2, 0.25) is 10.0 Å². The van der Waals surface area contributed by atoms with Crippen LogP contribution in [0.25, 0.3) is 0 Å². The number of ether oxygens (including phenoxy) is 2. The summed E-state index contributed by atoms with van der Waals surface area (Å²) in [6.07, 6.45) is 5.02. The van der Waals surface area contributed by atoms with E-state index in [0.717, 1.165) is 42.4 Å². The van der Waals surface area contributed by atoms with Crippen molar-refractivity contribution in [1.82, 2.24) is 14.8 Å². The zero-order chi connectivity index (χ0) is 29.8. The molecule has 2 aliphatic rings. The first-order chi connectivity index (χ1) is 21.0. The fraction of sp³-hybridized carbons (Fsp3) is 0.303. The van der Waals surface area contributed by atoms with Gasteiger partial charge in [0, 0.05) is 27.1 Å². The quantitative estimate of drug-likeness (QED) is 0.146. The van der Waals surface area contributed by atoms with Gasteiger partial charge in [-0.05, 0) is 68.0 Å². The average Bonchev–Trinajstić information content (AvgIpc) is 3.42. The highest BCUT2D eigenvalue weighted by atomic mass is 35.5. The van der Waals surface area contributed by atoms with Crippen molar-refractivity contribution >= 4 is 46.9 Å². The molecule has 6 rings (SSSR count). The van der Waals surface area contributed by atoms with Crippen LogP contribution in [0.5, 0.6) is 5.75 Å². The van der Waals surface area contributed by atoms with Gasteiger partial charge in [-0.3, -0.25) is 0 Å². The standard InChI is InChI=1S/C33H32Cl2N4O3S/c1-21-29(31(40)42-25-13-3-2-4-14-25)30(22-12-9-15-26(18-22)41-19-23-10-5-7-16-27(23)34)39-32(36-21)37-33(38-39)43-20-24-11-6-8-17-28(24)35/h5-12,15-18,25,30H,2-4,13-14,19-20H2,1H3,(H,36,37,38). The minimum Gasteiger partial charge on any atom is -0.489 e. The van der Waals surface area contributed by atoms with Crippen molar-refractivity contribution in [1.29, 1.82) is 0 Å². The molecule has 0 amide bonds. The molecular weight excluding hydrogens is 603 g/mol. The molecule has 0 saturated heterocycles. The van der Waals surface area contributed by atoms with E-state index in [-0.39, 0.29) is 12.1 Å². The zero-order valence-electron chi connectivity index (χ0n) is 23.8. The maximum Gasteiger partial charge on any atom is 0.338 e. The van der Waals surface area contributed by atoms with Crippen LogP contribution in [0, 0.1) is 0 Å². The lowest BCUT2D eigenvalue weighted by Crippen LogP contribution is -2.32. The largest absolute Gasteiger partial charge is 0.489 e. The number of thioether (sulfide) groups is 1. The highest BCUT2D eigenvalue weighted by Gasteiger charge is 2.36. The lowest BCUT2D eigenvalue weighted by atomic mass is 9.94. The Labute approximate surface area is 265 Å². The van der Waals surface area contributed by atoms with Gasteiger partial charge in [0.15, 0.2) is 0 Å². The lowest BCUT2D eigenvalue weighted by Gasteiger charge is -2.30. The van der Waals surface area contributed by atoms with Crippen molar-refractivity contribution in [3.8, 4) is 5.75 Å². The van der Waals surface area contributed by atoms with Gasteiger partial charge in [-0.1, -0.05) is 89.9 Å². The second-order valence-corrected chi connectivity index (χ2v) is 12.5. The molecule has 1 N–H and O–H groups in total. The van der Waals surface area contributed by atoms with Crippen LogP contribution in [-0.2, 0) is 21.9 Å². The number of carbonyl (C=O) groups excluding carboxylic acids is 1. The number of rotatable bonds is 9. The van der Waals surface area contributed by atoms with E-state index in [1.807, 2.05) is 79.7 Å². The topological polar surface area (TPSA) is 78.3 Å². The number of halogens is 2. The van der Waals surface area contributed by atoms with Crippen LogP contribution < -0.4 is 10.1 Å². The number of hydrogen-bond acceptors (Lipinski definition) is 7. The number of hydrogen-bond donors (Lipinski definition) is 1. The Morgan fingerprint density at radius 2 is 1.70 bits per heavy atom. The average molecular weight is 636 g/mol. The first-order valence-electron chi connectivity index (χ1n) is 14.4. The number of carbonyl (C=O) groups is 1. The molecule has 1 aliphatic carbocycles. The third-order valence-electron chi connectivity index (χ3n) is 7.72. The summed E-state index contributed by atoms with van der Waals surface area (Å²) in [5.41, 5.74) is 3.93.